The van der Waals surface area contributed by atoms with E-state index in [-0.39, 0.29) is 10.8 Å². The number of rotatable bonds is 13. The van der Waals surface area contributed by atoms with Gasteiger partial charge in [-0.2, -0.15) is 0 Å². The van der Waals surface area contributed by atoms with Crippen molar-refractivity contribution in [2.45, 2.75) is 275 Å². The third-order valence-corrected chi connectivity index (χ3v) is 19.6. The second-order valence-electron chi connectivity index (χ2n) is 29.8. The van der Waals surface area contributed by atoms with Crippen LogP contribution in [0.15, 0.2) is 103 Å². The fourth-order valence-corrected chi connectivity index (χ4v) is 12.7. The van der Waals surface area contributed by atoms with Crippen LogP contribution in [0.25, 0.3) is 44.5 Å². The van der Waals surface area contributed by atoms with Crippen molar-refractivity contribution >= 4 is 0 Å². The molecule has 8 aromatic carbocycles. The first-order chi connectivity index (χ1) is 41.5. The summed E-state index contributed by atoms with van der Waals surface area (Å²) in [6.45, 7) is 67.8. The molecular weight excluding hydrogens is 1070 g/mol. The monoisotopic (exact) mass is 1190 g/mol. The Bertz CT molecular complexity index is 3520. The normalized spacial score (nSPS) is 11.6. The molecule has 0 atom stereocenters. The summed E-state index contributed by atoms with van der Waals surface area (Å²) in [5.74, 6) is 1.62. The van der Waals surface area contributed by atoms with E-state index in [1.54, 1.807) is 0 Å². The van der Waals surface area contributed by atoms with Gasteiger partial charge in [-0.05, 0) is 330 Å². The smallest absolute Gasteiger partial charge is 0.0114 e. The Morgan fingerprint density at radius 1 is 0.292 bits per heavy atom. The number of hydrogen-bond acceptors (Lipinski definition) is 0. The lowest BCUT2D eigenvalue weighted by Crippen LogP contribution is -2.16. The summed E-state index contributed by atoms with van der Waals surface area (Å²) in [6.07, 6.45) is 7.05. The molecule has 8 rings (SSSR count). The highest BCUT2D eigenvalue weighted by Crippen LogP contribution is 2.41. The van der Waals surface area contributed by atoms with Crippen LogP contribution < -0.4 is 0 Å². The zero-order valence-corrected chi connectivity index (χ0v) is 62.3. The van der Waals surface area contributed by atoms with Crippen LogP contribution in [-0.4, -0.2) is 0 Å². The van der Waals surface area contributed by atoms with Gasteiger partial charge in [0, 0.05) is 0 Å². The lowest BCUT2D eigenvalue weighted by atomic mass is 9.78. The van der Waals surface area contributed by atoms with E-state index in [4.69, 9.17) is 0 Å². The average Bonchev–Trinajstić information content (AvgIpc) is 2.48. The summed E-state index contributed by atoms with van der Waals surface area (Å²) in [7, 11) is 0. The van der Waals surface area contributed by atoms with Crippen molar-refractivity contribution in [1.29, 1.82) is 0 Å². The molecule has 8 aromatic rings. The third-order valence-electron chi connectivity index (χ3n) is 19.6. The highest BCUT2D eigenvalue weighted by molar-refractivity contribution is 5.77. The third kappa shape index (κ3) is 18.5. The number of aryl methyl sites for hydroxylation is 14. The molecule has 89 heavy (non-hydrogen) atoms. The second kappa shape index (κ2) is 31.2. The fraction of sp³-hybridized carbons (Fsp3) is 0.461. The first kappa shape index (κ1) is 73.5. The van der Waals surface area contributed by atoms with Gasteiger partial charge in [0.2, 0.25) is 0 Å². The lowest BCUT2D eigenvalue weighted by Gasteiger charge is -2.26. The minimum Gasteiger partial charge on any atom is -0.0654 e. The van der Waals surface area contributed by atoms with Crippen LogP contribution in [0.1, 0.15) is 269 Å². The molecule has 0 radical (unpaired) electrons. The van der Waals surface area contributed by atoms with Crippen LogP contribution in [0.3, 0.4) is 0 Å². The molecule has 0 aromatic heterocycles. The molecule has 0 bridgehead atoms. The summed E-state index contributed by atoms with van der Waals surface area (Å²) in [4.78, 5) is 0. The SMILES string of the molecule is CCCCc1cc(C)c(-c2cc(C)c(C)c(C)c2)c(C)c1.CCc1cc(CC)c(-c2cc(C)c(C)c(C)c2)c(CC)c1.Cc1cc(-c2c(C(C)C)cc(C(C)C)cc2C(C)C)cc(C)c1C.Cc1cc(-c2cc(C(C)(C)C)cc(C(C)(C)C)c2)cc(C)c1C. The molecule has 0 amide bonds. The molecule has 0 nitrogen and oxygen atoms in total. The topological polar surface area (TPSA) is 0 Å². The van der Waals surface area contributed by atoms with E-state index < -0.39 is 0 Å². The molecular formula is C89H122. The van der Waals surface area contributed by atoms with Crippen LogP contribution in [0.4, 0.5) is 0 Å². The van der Waals surface area contributed by atoms with Crippen LogP contribution in [0.2, 0.25) is 0 Å². The molecule has 0 heteroatoms. The van der Waals surface area contributed by atoms with Gasteiger partial charge in [-0.15, -0.1) is 0 Å². The maximum absolute atomic E-state index is 2.45. The van der Waals surface area contributed by atoms with E-state index in [0.29, 0.717) is 17.8 Å². The van der Waals surface area contributed by atoms with Gasteiger partial charge in [-0.1, -0.05) is 220 Å². The van der Waals surface area contributed by atoms with E-state index in [1.807, 2.05) is 0 Å². The van der Waals surface area contributed by atoms with Gasteiger partial charge in [0.05, 0.1) is 0 Å². The molecule has 0 saturated carbocycles. The molecule has 0 fully saturated rings. The summed E-state index contributed by atoms with van der Waals surface area (Å²) >= 11 is 0. The van der Waals surface area contributed by atoms with Gasteiger partial charge in [0.25, 0.3) is 0 Å². The van der Waals surface area contributed by atoms with Gasteiger partial charge >= 0.3 is 0 Å². The predicted molar refractivity (Wildman–Crippen MR) is 400 cm³/mol. The Morgan fingerprint density at radius 2 is 0.607 bits per heavy atom. The largest absolute Gasteiger partial charge is 0.0654 e. The van der Waals surface area contributed by atoms with E-state index in [9.17, 15) is 0 Å². The van der Waals surface area contributed by atoms with Crippen molar-refractivity contribution in [3.8, 4) is 44.5 Å². The summed E-state index contributed by atoms with van der Waals surface area (Å²) in [5.41, 5.74) is 44.3. The average molecular weight is 1190 g/mol. The minimum absolute atomic E-state index is 0.158. The summed E-state index contributed by atoms with van der Waals surface area (Å²) < 4.78 is 0. The minimum atomic E-state index is 0.158. The van der Waals surface area contributed by atoms with Crippen molar-refractivity contribution in [1.82, 2.24) is 0 Å². The van der Waals surface area contributed by atoms with Crippen molar-refractivity contribution in [3.63, 3.8) is 0 Å². The molecule has 0 saturated heterocycles. The van der Waals surface area contributed by atoms with E-state index in [0.717, 1.165) is 19.3 Å². The van der Waals surface area contributed by atoms with Gasteiger partial charge < -0.3 is 0 Å². The van der Waals surface area contributed by atoms with Gasteiger partial charge in [-0.25, -0.2) is 0 Å². The Morgan fingerprint density at radius 3 is 0.899 bits per heavy atom. The Labute approximate surface area is 547 Å². The quantitative estimate of drug-likeness (QED) is 0.108. The van der Waals surface area contributed by atoms with Crippen LogP contribution in [0.5, 0.6) is 0 Å². The Hall–Kier alpha value is -6.24. The standard InChI is InChI=1S/C24H34.C23H32.2C21H28/c1-14(2)20-12-22(15(3)4)24(23(13-20)16(5)6)21-10-17(7)19(9)18(8)11-21;1-15-10-18(11-16(2)17(15)3)19-12-20(22(4,5)6)14-21(13-19)23(7,8)9;1-7-8-9-19-10-16(4)21(17(5)11-19)20-12-14(2)18(6)15(3)13-20;1-7-17-12-18(8-2)21(19(9-3)13-17)20-10-14(4)16(6)15(5)11-20/h10-16H,1-9H3;10-14H,1-9H3;2*10-13H,7-9H2,1-6H3. The van der Waals surface area contributed by atoms with Crippen LogP contribution in [0, 0.1) is 96.9 Å². The number of unbranched alkanes of at least 4 members (excludes halogenated alkanes) is 1. The predicted octanol–water partition coefficient (Wildman–Crippen LogP) is 26.7. The maximum atomic E-state index is 2.45. The fourth-order valence-electron chi connectivity index (χ4n) is 12.7. The first-order valence-electron chi connectivity index (χ1n) is 34.4. The van der Waals surface area contributed by atoms with E-state index in [2.05, 4.69) is 311 Å². The van der Waals surface area contributed by atoms with E-state index >= 15 is 0 Å². The van der Waals surface area contributed by atoms with E-state index in [1.165, 1.54) is 192 Å². The summed E-state index contributed by atoms with van der Waals surface area (Å²) in [5, 5.41) is 0. The van der Waals surface area contributed by atoms with Gasteiger partial charge in [0.1, 0.15) is 0 Å². The summed E-state index contributed by atoms with van der Waals surface area (Å²) in [6, 6.07) is 40.4. The zero-order valence-electron chi connectivity index (χ0n) is 62.3. The Balaban J connectivity index is 0.000000216. The van der Waals surface area contributed by atoms with Crippen molar-refractivity contribution in [2.24, 2.45) is 0 Å². The molecule has 478 valence electrons. The first-order valence-corrected chi connectivity index (χ1v) is 34.4. The molecule has 0 heterocycles. The highest BCUT2D eigenvalue weighted by atomic mass is 14.3. The van der Waals surface area contributed by atoms with Crippen LogP contribution in [-0.2, 0) is 36.5 Å². The number of benzene rings is 8. The zero-order chi connectivity index (χ0) is 66.9. The molecule has 0 aliphatic heterocycles. The highest BCUT2D eigenvalue weighted by Gasteiger charge is 2.23. The lowest BCUT2D eigenvalue weighted by molar-refractivity contribution is 0.569. The van der Waals surface area contributed by atoms with Crippen molar-refractivity contribution in [2.75, 3.05) is 0 Å². The van der Waals surface area contributed by atoms with Crippen LogP contribution >= 0.6 is 0 Å². The molecule has 0 N–H and O–H groups in total. The van der Waals surface area contributed by atoms with Crippen molar-refractivity contribution in [3.05, 3.63) is 231 Å². The van der Waals surface area contributed by atoms with Gasteiger partial charge in [0.15, 0.2) is 0 Å². The maximum Gasteiger partial charge on any atom is -0.0114 e. The second-order valence-corrected chi connectivity index (χ2v) is 29.8. The molecule has 0 spiro atoms. The van der Waals surface area contributed by atoms with Crippen molar-refractivity contribution < 1.29 is 0 Å². The molecule has 0 aliphatic rings. The molecule has 0 aliphatic carbocycles. The van der Waals surface area contributed by atoms with Gasteiger partial charge in [-0.3, -0.25) is 0 Å². The molecule has 0 unspecified atom stereocenters. The number of hydrogen-bond donors (Lipinski definition) is 0. The Kier molecular flexibility index (Phi) is 25.8.